The highest BCUT2D eigenvalue weighted by atomic mass is 16.2. The van der Waals surface area contributed by atoms with Crippen molar-refractivity contribution in [2.75, 3.05) is 25.4 Å². The van der Waals surface area contributed by atoms with Gasteiger partial charge in [0.25, 0.3) is 5.91 Å². The molecule has 0 unspecified atom stereocenters. The summed E-state index contributed by atoms with van der Waals surface area (Å²) in [5, 5.41) is 0. The number of aromatic nitrogens is 2. The topological polar surface area (TPSA) is 92.4 Å². The third kappa shape index (κ3) is 3.07. The molecule has 0 radical (unpaired) electrons. The number of carbonyl (C=O) groups is 2. The van der Waals surface area contributed by atoms with Gasteiger partial charge in [0.2, 0.25) is 11.9 Å². The molecular weight excluding hydrogens is 342 g/mol. The van der Waals surface area contributed by atoms with Crippen LogP contribution >= 0.6 is 0 Å². The fraction of sp³-hybridized carbons (Fsp3) is 0.700. The first-order valence-corrected chi connectivity index (χ1v) is 10.2. The second-order valence-electron chi connectivity index (χ2n) is 8.52. The van der Waals surface area contributed by atoms with Crippen LogP contribution in [0, 0.1) is 5.41 Å². The zero-order valence-electron chi connectivity index (χ0n) is 16.3. The van der Waals surface area contributed by atoms with Gasteiger partial charge in [-0.15, -0.1) is 0 Å². The number of anilines is 1. The number of likely N-dealkylation sites (tertiary alicyclic amines) is 2. The van der Waals surface area contributed by atoms with Crippen LogP contribution in [0.3, 0.4) is 0 Å². The molecule has 4 rings (SSSR count). The highest BCUT2D eigenvalue weighted by Gasteiger charge is 2.50. The van der Waals surface area contributed by atoms with E-state index in [1.807, 2.05) is 9.80 Å². The Morgan fingerprint density at radius 3 is 2.67 bits per heavy atom. The lowest BCUT2D eigenvalue weighted by Crippen LogP contribution is -2.52. The van der Waals surface area contributed by atoms with Crippen molar-refractivity contribution in [2.45, 2.75) is 64.8 Å². The van der Waals surface area contributed by atoms with Crippen LogP contribution in [0.2, 0.25) is 0 Å². The molecule has 146 valence electrons. The molecule has 1 aliphatic carbocycles. The van der Waals surface area contributed by atoms with Gasteiger partial charge in [-0.05, 0) is 58.8 Å². The number of nitrogens with zero attached hydrogens (tertiary/aromatic N) is 4. The number of aryl methyl sites for hydroxylation is 1. The first-order chi connectivity index (χ1) is 12.9. The maximum atomic E-state index is 13.3. The third-order valence-corrected chi connectivity index (χ3v) is 6.44. The van der Waals surface area contributed by atoms with Gasteiger partial charge >= 0.3 is 0 Å². The van der Waals surface area contributed by atoms with Crippen LogP contribution in [0.5, 0.6) is 0 Å². The fourth-order valence-electron chi connectivity index (χ4n) is 4.96. The summed E-state index contributed by atoms with van der Waals surface area (Å²) in [6, 6.07) is 0.202. The highest BCUT2D eigenvalue weighted by Crippen LogP contribution is 2.41. The Kier molecular flexibility index (Phi) is 4.56. The summed E-state index contributed by atoms with van der Waals surface area (Å²) in [7, 11) is 0. The smallest absolute Gasteiger partial charge is 0.272 e. The second kappa shape index (κ2) is 6.77. The first-order valence-electron chi connectivity index (χ1n) is 10.2. The normalized spacial score (nSPS) is 25.4. The molecule has 7 heteroatoms. The van der Waals surface area contributed by atoms with E-state index in [2.05, 4.69) is 23.8 Å². The average Bonchev–Trinajstić information content (AvgIpc) is 3.07. The predicted molar refractivity (Wildman–Crippen MR) is 102 cm³/mol. The number of nitrogens with two attached hydrogens (primary N) is 1. The van der Waals surface area contributed by atoms with Crippen molar-refractivity contribution >= 4 is 17.8 Å². The molecule has 2 saturated heterocycles. The molecule has 0 saturated carbocycles. The number of hydrogen-bond donors (Lipinski definition) is 1. The first kappa shape index (κ1) is 18.2. The summed E-state index contributed by atoms with van der Waals surface area (Å²) in [5.74, 6) is 0.296. The van der Waals surface area contributed by atoms with Gasteiger partial charge in [0, 0.05) is 36.9 Å². The average molecular weight is 371 g/mol. The summed E-state index contributed by atoms with van der Waals surface area (Å²) in [6.07, 6.45) is 6.41. The Bertz CT molecular complexity index is 778. The molecular formula is C20H29N5O2. The van der Waals surface area contributed by atoms with E-state index in [-0.39, 0.29) is 23.8 Å². The highest BCUT2D eigenvalue weighted by molar-refractivity contribution is 5.95. The molecule has 1 aromatic rings. The number of rotatable bonds is 2. The summed E-state index contributed by atoms with van der Waals surface area (Å²) < 4.78 is 0. The van der Waals surface area contributed by atoms with E-state index in [4.69, 9.17) is 5.73 Å². The zero-order valence-corrected chi connectivity index (χ0v) is 16.3. The summed E-state index contributed by atoms with van der Waals surface area (Å²) in [6.45, 7) is 6.04. The van der Waals surface area contributed by atoms with Crippen LogP contribution in [0.25, 0.3) is 0 Å². The van der Waals surface area contributed by atoms with Gasteiger partial charge in [-0.25, -0.2) is 9.97 Å². The number of fused-ring (bicyclic) bond motifs is 1. The molecule has 0 aromatic carbocycles. The van der Waals surface area contributed by atoms with Gasteiger partial charge in [0.05, 0.1) is 5.41 Å². The van der Waals surface area contributed by atoms with E-state index in [1.54, 1.807) is 0 Å². The Labute approximate surface area is 160 Å². The Morgan fingerprint density at radius 1 is 1.11 bits per heavy atom. The SMILES string of the molecule is CC(C)N1CCC[C@@]2(CCN(C(=O)c3nc(N)nc4c3CCCC4)C2)C1=O. The lowest BCUT2D eigenvalue weighted by molar-refractivity contribution is -0.147. The number of amides is 2. The Hall–Kier alpha value is -2.18. The van der Waals surface area contributed by atoms with Crippen molar-refractivity contribution in [2.24, 2.45) is 5.41 Å². The molecule has 1 atom stereocenters. The van der Waals surface area contributed by atoms with Gasteiger partial charge in [0.15, 0.2) is 0 Å². The number of hydrogen-bond acceptors (Lipinski definition) is 5. The van der Waals surface area contributed by atoms with Crippen molar-refractivity contribution < 1.29 is 9.59 Å². The van der Waals surface area contributed by atoms with E-state index in [0.717, 1.165) is 62.7 Å². The maximum absolute atomic E-state index is 13.3. The minimum atomic E-state index is -0.420. The Balaban J connectivity index is 1.59. The van der Waals surface area contributed by atoms with E-state index in [0.29, 0.717) is 18.8 Å². The van der Waals surface area contributed by atoms with E-state index < -0.39 is 5.41 Å². The molecule has 2 aliphatic heterocycles. The lowest BCUT2D eigenvalue weighted by Gasteiger charge is -2.41. The molecule has 1 aromatic heterocycles. The van der Waals surface area contributed by atoms with Crippen LogP contribution < -0.4 is 5.73 Å². The van der Waals surface area contributed by atoms with Crippen LogP contribution in [0.4, 0.5) is 5.95 Å². The number of nitrogen functional groups attached to an aromatic ring is 1. The molecule has 2 amide bonds. The largest absolute Gasteiger partial charge is 0.368 e. The molecule has 2 N–H and O–H groups in total. The predicted octanol–water partition coefficient (Wildman–Crippen LogP) is 1.80. The minimum Gasteiger partial charge on any atom is -0.368 e. The summed E-state index contributed by atoms with van der Waals surface area (Å²) in [4.78, 5) is 38.8. The van der Waals surface area contributed by atoms with Crippen LogP contribution in [0.1, 0.15) is 67.7 Å². The van der Waals surface area contributed by atoms with E-state index >= 15 is 0 Å². The standard InChI is InChI=1S/C20H29N5O2/c1-13(2)25-10-5-8-20(18(25)27)9-11-24(12-20)17(26)16-14-6-3-4-7-15(14)22-19(21)23-16/h13H,3-12H2,1-2H3,(H2,21,22,23)/t20-/m0/s1. The summed E-state index contributed by atoms with van der Waals surface area (Å²) >= 11 is 0. The molecule has 27 heavy (non-hydrogen) atoms. The van der Waals surface area contributed by atoms with Crippen LogP contribution in [0.15, 0.2) is 0 Å². The van der Waals surface area contributed by atoms with Crippen LogP contribution in [-0.2, 0) is 17.6 Å². The van der Waals surface area contributed by atoms with Gasteiger partial charge in [0.1, 0.15) is 5.69 Å². The molecule has 2 fully saturated rings. The molecule has 0 bridgehead atoms. The van der Waals surface area contributed by atoms with Crippen molar-refractivity contribution in [1.29, 1.82) is 0 Å². The second-order valence-corrected chi connectivity index (χ2v) is 8.52. The third-order valence-electron chi connectivity index (χ3n) is 6.44. The van der Waals surface area contributed by atoms with Crippen molar-refractivity contribution in [3.05, 3.63) is 17.0 Å². The van der Waals surface area contributed by atoms with E-state index in [9.17, 15) is 9.59 Å². The number of piperidine rings is 1. The lowest BCUT2D eigenvalue weighted by atomic mass is 9.78. The minimum absolute atomic E-state index is 0.0893. The van der Waals surface area contributed by atoms with E-state index in [1.165, 1.54) is 0 Å². The van der Waals surface area contributed by atoms with Gasteiger partial charge in [-0.2, -0.15) is 0 Å². The van der Waals surface area contributed by atoms with Crippen molar-refractivity contribution in [3.63, 3.8) is 0 Å². The molecule has 7 nitrogen and oxygen atoms in total. The number of carbonyl (C=O) groups excluding carboxylic acids is 2. The van der Waals surface area contributed by atoms with Crippen molar-refractivity contribution in [3.8, 4) is 0 Å². The summed E-state index contributed by atoms with van der Waals surface area (Å²) in [5.41, 5.74) is 7.79. The molecule has 1 spiro atoms. The van der Waals surface area contributed by atoms with Crippen LogP contribution in [-0.4, -0.2) is 57.3 Å². The van der Waals surface area contributed by atoms with Crippen molar-refractivity contribution in [1.82, 2.24) is 19.8 Å². The van der Waals surface area contributed by atoms with Gasteiger partial charge < -0.3 is 15.5 Å². The van der Waals surface area contributed by atoms with Gasteiger partial charge in [-0.1, -0.05) is 0 Å². The Morgan fingerprint density at radius 2 is 1.89 bits per heavy atom. The molecule has 3 heterocycles. The monoisotopic (exact) mass is 371 g/mol. The van der Waals surface area contributed by atoms with Gasteiger partial charge in [-0.3, -0.25) is 9.59 Å². The quantitative estimate of drug-likeness (QED) is 0.856. The maximum Gasteiger partial charge on any atom is 0.272 e. The zero-order chi connectivity index (χ0) is 19.2. The molecule has 3 aliphatic rings. The fourth-order valence-corrected chi connectivity index (χ4v) is 4.96.